The Morgan fingerprint density at radius 3 is 2.88 bits per heavy atom. The summed E-state index contributed by atoms with van der Waals surface area (Å²) in [6, 6.07) is 3.53. The first-order valence-corrected chi connectivity index (χ1v) is 4.63. The van der Waals surface area contributed by atoms with Crippen molar-refractivity contribution in [3.63, 3.8) is 0 Å². The Morgan fingerprint density at radius 2 is 2.25 bits per heavy atom. The van der Waals surface area contributed by atoms with E-state index in [1.54, 1.807) is 24.5 Å². The number of rotatable bonds is 1. The second-order valence-electron chi connectivity index (χ2n) is 3.28. The predicted octanol–water partition coefficient (Wildman–Crippen LogP) is 1.01. The summed E-state index contributed by atoms with van der Waals surface area (Å²) >= 11 is 0. The smallest absolute Gasteiger partial charge is 0.269 e. The molecule has 0 saturated carbocycles. The molecule has 2 aromatic heterocycles. The van der Waals surface area contributed by atoms with Crippen LogP contribution < -0.4 is 5.56 Å². The van der Waals surface area contributed by atoms with E-state index in [0.717, 1.165) is 11.1 Å². The highest BCUT2D eigenvalue weighted by Crippen LogP contribution is 2.16. The van der Waals surface area contributed by atoms with E-state index in [2.05, 4.69) is 15.0 Å². The number of aryl methyl sites for hydroxylation is 1. The van der Waals surface area contributed by atoms with E-state index in [4.69, 9.17) is 5.26 Å². The monoisotopic (exact) mass is 212 g/mol. The molecular weight excluding hydrogens is 204 g/mol. The molecular formula is C11H8N4O. The number of nitrogens with one attached hydrogen (secondary N) is 1. The molecule has 78 valence electrons. The minimum atomic E-state index is -0.427. The summed E-state index contributed by atoms with van der Waals surface area (Å²) in [7, 11) is 0. The zero-order valence-electron chi connectivity index (χ0n) is 8.56. The van der Waals surface area contributed by atoms with Gasteiger partial charge in [-0.1, -0.05) is 0 Å². The van der Waals surface area contributed by atoms with Crippen molar-refractivity contribution in [2.75, 3.05) is 0 Å². The van der Waals surface area contributed by atoms with Crippen molar-refractivity contribution in [2.45, 2.75) is 6.92 Å². The molecule has 2 aromatic rings. The Balaban J connectivity index is 2.60. The van der Waals surface area contributed by atoms with E-state index < -0.39 is 5.56 Å². The van der Waals surface area contributed by atoms with Crippen LogP contribution >= 0.6 is 0 Å². The summed E-state index contributed by atoms with van der Waals surface area (Å²) < 4.78 is 0. The minimum Gasteiger partial charge on any atom is -0.305 e. The third-order valence-electron chi connectivity index (χ3n) is 2.20. The van der Waals surface area contributed by atoms with Crippen LogP contribution in [-0.2, 0) is 0 Å². The molecule has 0 aliphatic rings. The SMILES string of the molecule is Cc1cnccc1-c1ncc(C#N)c(=O)[nH]1. The van der Waals surface area contributed by atoms with Gasteiger partial charge in [-0.05, 0) is 18.6 Å². The maximum atomic E-state index is 11.4. The van der Waals surface area contributed by atoms with E-state index in [-0.39, 0.29) is 5.56 Å². The number of pyridine rings is 1. The van der Waals surface area contributed by atoms with Crippen LogP contribution in [0.1, 0.15) is 11.1 Å². The summed E-state index contributed by atoms with van der Waals surface area (Å²) in [5.74, 6) is 0.448. The van der Waals surface area contributed by atoms with E-state index in [9.17, 15) is 4.79 Å². The van der Waals surface area contributed by atoms with E-state index >= 15 is 0 Å². The van der Waals surface area contributed by atoms with Crippen molar-refractivity contribution in [3.8, 4) is 17.5 Å². The van der Waals surface area contributed by atoms with Crippen molar-refractivity contribution in [2.24, 2.45) is 0 Å². The number of nitrogens with zero attached hydrogens (tertiary/aromatic N) is 3. The molecule has 0 unspecified atom stereocenters. The van der Waals surface area contributed by atoms with Crippen LogP contribution in [0.25, 0.3) is 11.4 Å². The fraction of sp³-hybridized carbons (Fsp3) is 0.0909. The Hall–Kier alpha value is -2.48. The summed E-state index contributed by atoms with van der Waals surface area (Å²) in [5, 5.41) is 8.61. The van der Waals surface area contributed by atoms with Gasteiger partial charge in [0.2, 0.25) is 0 Å². The molecule has 5 heteroatoms. The quantitative estimate of drug-likeness (QED) is 0.764. The molecule has 2 rings (SSSR count). The van der Waals surface area contributed by atoms with Gasteiger partial charge >= 0.3 is 0 Å². The molecule has 5 nitrogen and oxygen atoms in total. The lowest BCUT2D eigenvalue weighted by Crippen LogP contribution is -2.12. The Bertz CT molecular complexity index is 624. The van der Waals surface area contributed by atoms with Crippen molar-refractivity contribution in [1.29, 1.82) is 5.26 Å². The van der Waals surface area contributed by atoms with Crippen LogP contribution in [0.3, 0.4) is 0 Å². The van der Waals surface area contributed by atoms with E-state index in [0.29, 0.717) is 5.82 Å². The topological polar surface area (TPSA) is 82.4 Å². The van der Waals surface area contributed by atoms with Gasteiger partial charge in [-0.25, -0.2) is 4.98 Å². The zero-order valence-corrected chi connectivity index (χ0v) is 8.56. The highest BCUT2D eigenvalue weighted by Gasteiger charge is 2.06. The fourth-order valence-corrected chi connectivity index (χ4v) is 1.35. The van der Waals surface area contributed by atoms with Crippen molar-refractivity contribution >= 4 is 0 Å². The number of hydrogen-bond acceptors (Lipinski definition) is 4. The maximum absolute atomic E-state index is 11.4. The van der Waals surface area contributed by atoms with Crippen LogP contribution in [-0.4, -0.2) is 15.0 Å². The minimum absolute atomic E-state index is 0.00968. The molecule has 0 radical (unpaired) electrons. The van der Waals surface area contributed by atoms with Crippen molar-refractivity contribution < 1.29 is 0 Å². The Kier molecular flexibility index (Phi) is 2.48. The number of nitriles is 1. The molecule has 0 bridgehead atoms. The van der Waals surface area contributed by atoms with Crippen molar-refractivity contribution in [3.05, 3.63) is 46.1 Å². The molecule has 0 fully saturated rings. The predicted molar refractivity (Wildman–Crippen MR) is 57.5 cm³/mol. The second-order valence-corrected chi connectivity index (χ2v) is 3.28. The van der Waals surface area contributed by atoms with Gasteiger partial charge in [-0.15, -0.1) is 0 Å². The Morgan fingerprint density at radius 1 is 1.44 bits per heavy atom. The average Bonchev–Trinajstić information content (AvgIpc) is 2.29. The normalized spacial score (nSPS) is 9.75. The van der Waals surface area contributed by atoms with Crippen molar-refractivity contribution in [1.82, 2.24) is 15.0 Å². The van der Waals surface area contributed by atoms with Gasteiger partial charge in [-0.3, -0.25) is 9.78 Å². The van der Waals surface area contributed by atoms with Gasteiger partial charge in [0.15, 0.2) is 0 Å². The molecule has 0 amide bonds. The molecule has 0 saturated heterocycles. The standard InChI is InChI=1S/C11H8N4O/c1-7-5-13-3-2-9(7)10-14-6-8(4-12)11(16)15-10/h2-3,5-6H,1H3,(H,14,15,16). The lowest BCUT2D eigenvalue weighted by Gasteiger charge is -2.03. The van der Waals surface area contributed by atoms with Gasteiger partial charge in [0.25, 0.3) is 5.56 Å². The highest BCUT2D eigenvalue weighted by atomic mass is 16.1. The third-order valence-corrected chi connectivity index (χ3v) is 2.20. The second kappa shape index (κ2) is 3.95. The summed E-state index contributed by atoms with van der Waals surface area (Å²) in [6.07, 6.45) is 4.59. The molecule has 0 spiro atoms. The van der Waals surface area contributed by atoms with Gasteiger partial charge in [0.1, 0.15) is 17.5 Å². The number of hydrogen-bond donors (Lipinski definition) is 1. The fourth-order valence-electron chi connectivity index (χ4n) is 1.35. The first-order chi connectivity index (χ1) is 7.72. The van der Waals surface area contributed by atoms with Gasteiger partial charge in [0.05, 0.1) is 6.20 Å². The van der Waals surface area contributed by atoms with Crippen LogP contribution in [0.4, 0.5) is 0 Å². The van der Waals surface area contributed by atoms with Crippen LogP contribution in [0.15, 0.2) is 29.5 Å². The van der Waals surface area contributed by atoms with Gasteiger partial charge in [0, 0.05) is 18.0 Å². The average molecular weight is 212 g/mol. The summed E-state index contributed by atoms with van der Waals surface area (Å²) in [4.78, 5) is 22.0. The third kappa shape index (κ3) is 1.68. The highest BCUT2D eigenvalue weighted by molar-refractivity contribution is 5.58. The van der Waals surface area contributed by atoms with Crippen LogP contribution in [0.2, 0.25) is 0 Å². The maximum Gasteiger partial charge on any atom is 0.269 e. The Labute approximate surface area is 91.4 Å². The number of H-pyrrole nitrogens is 1. The first kappa shape index (κ1) is 10.1. The van der Waals surface area contributed by atoms with Crippen LogP contribution in [0.5, 0.6) is 0 Å². The zero-order chi connectivity index (χ0) is 11.5. The molecule has 0 aliphatic heterocycles. The van der Waals surface area contributed by atoms with E-state index in [1.807, 2.05) is 6.92 Å². The largest absolute Gasteiger partial charge is 0.305 e. The molecule has 2 heterocycles. The lowest BCUT2D eigenvalue weighted by atomic mass is 10.1. The molecule has 1 N–H and O–H groups in total. The summed E-state index contributed by atoms with van der Waals surface area (Å²) in [6.45, 7) is 1.88. The molecule has 0 aromatic carbocycles. The van der Waals surface area contributed by atoms with Gasteiger partial charge < -0.3 is 4.98 Å². The molecule has 0 atom stereocenters. The first-order valence-electron chi connectivity index (χ1n) is 4.63. The summed E-state index contributed by atoms with van der Waals surface area (Å²) in [5.41, 5.74) is 1.30. The molecule has 0 aliphatic carbocycles. The lowest BCUT2D eigenvalue weighted by molar-refractivity contribution is 1.10. The van der Waals surface area contributed by atoms with E-state index in [1.165, 1.54) is 6.20 Å². The number of aromatic amines is 1. The number of aromatic nitrogens is 3. The molecule has 16 heavy (non-hydrogen) atoms. The van der Waals surface area contributed by atoms with Crippen LogP contribution in [0, 0.1) is 18.3 Å². The van der Waals surface area contributed by atoms with Gasteiger partial charge in [-0.2, -0.15) is 5.26 Å².